The molecule has 0 saturated carbocycles. The largest absolute Gasteiger partial charge is 0.489 e. The van der Waals surface area contributed by atoms with Crippen molar-refractivity contribution in [2.75, 3.05) is 0 Å². The van der Waals surface area contributed by atoms with Crippen LogP contribution in [0.5, 0.6) is 5.75 Å². The van der Waals surface area contributed by atoms with E-state index in [0.29, 0.717) is 6.61 Å². The van der Waals surface area contributed by atoms with Gasteiger partial charge in [-0.25, -0.2) is 4.98 Å². The first-order valence-electron chi connectivity index (χ1n) is 7.22. The van der Waals surface area contributed by atoms with Crippen LogP contribution >= 0.6 is 11.3 Å². The third kappa shape index (κ3) is 3.93. The van der Waals surface area contributed by atoms with E-state index in [0.717, 1.165) is 22.7 Å². The van der Waals surface area contributed by atoms with E-state index in [1.54, 1.807) is 17.5 Å². The van der Waals surface area contributed by atoms with Crippen molar-refractivity contribution < 1.29 is 4.74 Å². The second-order valence-corrected chi connectivity index (χ2v) is 6.03. The van der Waals surface area contributed by atoms with Gasteiger partial charge >= 0.3 is 0 Å². The fourth-order valence-corrected chi connectivity index (χ4v) is 2.86. The van der Waals surface area contributed by atoms with Crippen molar-refractivity contribution in [2.45, 2.75) is 19.1 Å². The molecule has 4 heteroatoms. The molecule has 2 N–H and O–H groups in total. The number of nitrogens with two attached hydrogens (primary N) is 1. The van der Waals surface area contributed by atoms with Crippen molar-refractivity contribution in [1.82, 2.24) is 4.98 Å². The van der Waals surface area contributed by atoms with Gasteiger partial charge in [0, 0.05) is 11.6 Å². The van der Waals surface area contributed by atoms with E-state index >= 15 is 0 Å². The molecule has 1 atom stereocenters. The molecule has 1 heterocycles. The Kier molecular flexibility index (Phi) is 4.83. The molecule has 0 aliphatic carbocycles. The number of ether oxygens (including phenoxy) is 1. The summed E-state index contributed by atoms with van der Waals surface area (Å²) in [6.45, 7) is 0.582. The Bertz CT molecular complexity index is 681. The van der Waals surface area contributed by atoms with Gasteiger partial charge in [0.1, 0.15) is 17.4 Å². The van der Waals surface area contributed by atoms with Crippen molar-refractivity contribution >= 4 is 11.3 Å². The van der Waals surface area contributed by atoms with E-state index in [1.165, 1.54) is 5.56 Å². The van der Waals surface area contributed by atoms with Gasteiger partial charge in [-0.1, -0.05) is 42.5 Å². The lowest BCUT2D eigenvalue weighted by molar-refractivity contribution is 0.306. The molecule has 3 rings (SSSR count). The normalized spacial score (nSPS) is 12.0. The smallest absolute Gasteiger partial charge is 0.119 e. The highest BCUT2D eigenvalue weighted by molar-refractivity contribution is 7.09. The van der Waals surface area contributed by atoms with Crippen molar-refractivity contribution in [3.05, 3.63) is 82.3 Å². The molecule has 0 saturated heterocycles. The maximum atomic E-state index is 6.16. The summed E-state index contributed by atoms with van der Waals surface area (Å²) in [6, 6.07) is 18.2. The van der Waals surface area contributed by atoms with Crippen LogP contribution < -0.4 is 10.5 Å². The lowest BCUT2D eigenvalue weighted by Crippen LogP contribution is -2.12. The predicted octanol–water partition coefficient (Wildman–Crippen LogP) is 3.96. The lowest BCUT2D eigenvalue weighted by Gasteiger charge is -2.10. The first-order valence-corrected chi connectivity index (χ1v) is 8.10. The lowest BCUT2D eigenvalue weighted by atomic mass is 10.1. The van der Waals surface area contributed by atoms with Gasteiger partial charge in [0.05, 0.1) is 6.04 Å². The van der Waals surface area contributed by atoms with Gasteiger partial charge in [-0.05, 0) is 29.7 Å². The summed E-state index contributed by atoms with van der Waals surface area (Å²) < 4.78 is 5.78. The highest BCUT2D eigenvalue weighted by atomic mass is 32.1. The van der Waals surface area contributed by atoms with Gasteiger partial charge in [0.25, 0.3) is 0 Å². The topological polar surface area (TPSA) is 48.1 Å². The van der Waals surface area contributed by atoms with Gasteiger partial charge in [-0.15, -0.1) is 11.3 Å². The molecule has 1 aromatic heterocycles. The molecule has 0 aliphatic heterocycles. The Balaban J connectivity index is 1.56. The molecular formula is C18H18N2OS. The van der Waals surface area contributed by atoms with E-state index in [9.17, 15) is 0 Å². The molecule has 2 aromatic carbocycles. The summed E-state index contributed by atoms with van der Waals surface area (Å²) in [4.78, 5) is 4.26. The molecule has 3 nitrogen and oxygen atoms in total. The van der Waals surface area contributed by atoms with Crippen LogP contribution in [0, 0.1) is 0 Å². The second kappa shape index (κ2) is 7.20. The average Bonchev–Trinajstić information content (AvgIpc) is 3.10. The van der Waals surface area contributed by atoms with Crippen molar-refractivity contribution in [3.63, 3.8) is 0 Å². The number of rotatable bonds is 6. The minimum atomic E-state index is -0.0453. The third-order valence-corrected chi connectivity index (χ3v) is 4.30. The Morgan fingerprint density at radius 1 is 1.00 bits per heavy atom. The standard InChI is InChI=1S/C18H18N2OS/c19-17(18-20-10-11-22-18)12-14-6-8-16(9-7-14)21-13-15-4-2-1-3-5-15/h1-11,17H,12-13,19H2. The second-order valence-electron chi connectivity index (χ2n) is 5.10. The molecule has 0 fully saturated rings. The highest BCUT2D eigenvalue weighted by Gasteiger charge is 2.09. The summed E-state index contributed by atoms with van der Waals surface area (Å²) in [6.07, 6.45) is 2.58. The molecule has 0 radical (unpaired) electrons. The van der Waals surface area contributed by atoms with Crippen LogP contribution in [0.25, 0.3) is 0 Å². The number of hydrogen-bond donors (Lipinski definition) is 1. The zero-order valence-corrected chi connectivity index (χ0v) is 13.0. The Morgan fingerprint density at radius 3 is 2.45 bits per heavy atom. The van der Waals surface area contributed by atoms with Crippen LogP contribution in [0.4, 0.5) is 0 Å². The van der Waals surface area contributed by atoms with E-state index in [-0.39, 0.29) is 6.04 Å². The average molecular weight is 310 g/mol. The molecule has 1 unspecified atom stereocenters. The monoisotopic (exact) mass is 310 g/mol. The first kappa shape index (κ1) is 14.8. The van der Waals surface area contributed by atoms with E-state index in [2.05, 4.69) is 29.2 Å². The number of aromatic nitrogens is 1. The quantitative estimate of drug-likeness (QED) is 0.749. The van der Waals surface area contributed by atoms with Crippen LogP contribution in [-0.2, 0) is 13.0 Å². The van der Waals surface area contributed by atoms with Crippen LogP contribution in [0.15, 0.2) is 66.2 Å². The fourth-order valence-electron chi connectivity index (χ4n) is 2.22. The maximum Gasteiger partial charge on any atom is 0.119 e. The molecule has 0 aliphatic rings. The summed E-state index contributed by atoms with van der Waals surface area (Å²) in [7, 11) is 0. The van der Waals surface area contributed by atoms with Crippen molar-refractivity contribution in [1.29, 1.82) is 0 Å². The Morgan fingerprint density at radius 2 is 1.77 bits per heavy atom. The maximum absolute atomic E-state index is 6.16. The number of thiazole rings is 1. The fraction of sp³-hybridized carbons (Fsp3) is 0.167. The zero-order valence-electron chi connectivity index (χ0n) is 12.2. The summed E-state index contributed by atoms with van der Waals surface area (Å²) in [5.41, 5.74) is 8.51. The van der Waals surface area contributed by atoms with Crippen molar-refractivity contribution in [2.24, 2.45) is 5.73 Å². The van der Waals surface area contributed by atoms with Gasteiger partial charge in [0.15, 0.2) is 0 Å². The van der Waals surface area contributed by atoms with E-state index in [4.69, 9.17) is 10.5 Å². The molecule has 112 valence electrons. The summed E-state index contributed by atoms with van der Waals surface area (Å²) in [5, 5.41) is 2.93. The number of nitrogens with zero attached hydrogens (tertiary/aromatic N) is 1. The Labute approximate surface area is 134 Å². The minimum absolute atomic E-state index is 0.0453. The zero-order chi connectivity index (χ0) is 15.2. The molecule has 0 bridgehead atoms. The summed E-state index contributed by atoms with van der Waals surface area (Å²) >= 11 is 1.60. The molecule has 3 aromatic rings. The summed E-state index contributed by atoms with van der Waals surface area (Å²) in [5.74, 6) is 0.871. The number of benzene rings is 2. The van der Waals surface area contributed by atoms with E-state index in [1.807, 2.05) is 35.7 Å². The van der Waals surface area contributed by atoms with Crippen molar-refractivity contribution in [3.8, 4) is 5.75 Å². The van der Waals surface area contributed by atoms with Crippen LogP contribution in [0.2, 0.25) is 0 Å². The van der Waals surface area contributed by atoms with Crippen LogP contribution in [-0.4, -0.2) is 4.98 Å². The predicted molar refractivity (Wildman–Crippen MR) is 90.0 cm³/mol. The van der Waals surface area contributed by atoms with Gasteiger partial charge < -0.3 is 10.5 Å². The van der Waals surface area contributed by atoms with Gasteiger partial charge in [-0.3, -0.25) is 0 Å². The van der Waals surface area contributed by atoms with Gasteiger partial charge in [0.2, 0.25) is 0 Å². The van der Waals surface area contributed by atoms with Crippen LogP contribution in [0.3, 0.4) is 0 Å². The minimum Gasteiger partial charge on any atom is -0.489 e. The Hall–Kier alpha value is -2.17. The van der Waals surface area contributed by atoms with Gasteiger partial charge in [-0.2, -0.15) is 0 Å². The molecule has 0 amide bonds. The third-order valence-electron chi connectivity index (χ3n) is 3.40. The van der Waals surface area contributed by atoms with Crippen LogP contribution in [0.1, 0.15) is 22.2 Å². The number of hydrogen-bond acceptors (Lipinski definition) is 4. The SMILES string of the molecule is NC(Cc1ccc(OCc2ccccc2)cc1)c1nccs1. The molecule has 0 spiro atoms. The first-order chi connectivity index (χ1) is 10.8. The molecule has 22 heavy (non-hydrogen) atoms. The van der Waals surface area contributed by atoms with E-state index < -0.39 is 0 Å². The highest BCUT2D eigenvalue weighted by Crippen LogP contribution is 2.20. The molecular weight excluding hydrogens is 292 g/mol.